The summed E-state index contributed by atoms with van der Waals surface area (Å²) in [5.74, 6) is 0.761. The van der Waals surface area contributed by atoms with E-state index < -0.39 is 0 Å². The molecule has 2 heteroatoms. The molecule has 72 valence electrons. The fourth-order valence-corrected chi connectivity index (χ4v) is 3.13. The van der Waals surface area contributed by atoms with Gasteiger partial charge in [0.05, 0.1) is 0 Å². The van der Waals surface area contributed by atoms with E-state index in [9.17, 15) is 0 Å². The van der Waals surface area contributed by atoms with Gasteiger partial charge in [-0.2, -0.15) is 0 Å². The van der Waals surface area contributed by atoms with Crippen molar-refractivity contribution in [2.45, 2.75) is 39.2 Å². The van der Waals surface area contributed by atoms with E-state index >= 15 is 0 Å². The molecule has 1 nitrogen and oxygen atoms in total. The first-order valence-electron chi connectivity index (χ1n) is 5.01. The maximum absolute atomic E-state index is 6.22. The van der Waals surface area contributed by atoms with E-state index in [4.69, 9.17) is 5.73 Å². The molecule has 2 N–H and O–H groups in total. The Bertz CT molecular complexity index is 299. The SMILES string of the molecule is Cc1cc(C)c(C(N)C2CCC2)s1. The highest BCUT2D eigenvalue weighted by molar-refractivity contribution is 7.12. The third-order valence-electron chi connectivity index (χ3n) is 3.04. The second kappa shape index (κ2) is 3.43. The van der Waals surface area contributed by atoms with Crippen molar-refractivity contribution in [2.75, 3.05) is 0 Å². The minimum Gasteiger partial charge on any atom is -0.323 e. The van der Waals surface area contributed by atoms with E-state index in [1.165, 1.54) is 34.6 Å². The summed E-state index contributed by atoms with van der Waals surface area (Å²) in [5, 5.41) is 0. The van der Waals surface area contributed by atoms with Crippen LogP contribution in [0, 0.1) is 19.8 Å². The molecule has 0 saturated heterocycles. The average molecular weight is 195 g/mol. The molecule has 1 aliphatic rings. The lowest BCUT2D eigenvalue weighted by Gasteiger charge is -2.31. The van der Waals surface area contributed by atoms with Crippen molar-refractivity contribution in [3.05, 3.63) is 21.4 Å². The number of nitrogens with two attached hydrogens (primary N) is 1. The van der Waals surface area contributed by atoms with E-state index in [1.807, 2.05) is 11.3 Å². The van der Waals surface area contributed by atoms with Gasteiger partial charge in [0.2, 0.25) is 0 Å². The van der Waals surface area contributed by atoms with Gasteiger partial charge in [0, 0.05) is 15.8 Å². The van der Waals surface area contributed by atoms with E-state index in [2.05, 4.69) is 19.9 Å². The zero-order valence-electron chi connectivity index (χ0n) is 8.34. The van der Waals surface area contributed by atoms with Crippen LogP contribution >= 0.6 is 11.3 Å². The van der Waals surface area contributed by atoms with Gasteiger partial charge < -0.3 is 5.73 Å². The summed E-state index contributed by atoms with van der Waals surface area (Å²) in [5.41, 5.74) is 7.62. The zero-order valence-corrected chi connectivity index (χ0v) is 9.16. The van der Waals surface area contributed by atoms with E-state index in [-0.39, 0.29) is 0 Å². The Hall–Kier alpha value is -0.340. The quantitative estimate of drug-likeness (QED) is 0.770. The first-order valence-corrected chi connectivity index (χ1v) is 5.82. The number of rotatable bonds is 2. The predicted molar refractivity (Wildman–Crippen MR) is 58.1 cm³/mol. The second-order valence-electron chi connectivity index (χ2n) is 4.12. The Morgan fingerprint density at radius 1 is 1.46 bits per heavy atom. The van der Waals surface area contributed by atoms with Crippen LogP contribution in [0.3, 0.4) is 0 Å². The minimum absolute atomic E-state index is 0.312. The number of aryl methyl sites for hydroxylation is 2. The number of hydrogen-bond acceptors (Lipinski definition) is 2. The molecule has 0 aromatic carbocycles. The molecule has 1 aliphatic carbocycles. The first-order chi connectivity index (χ1) is 6.18. The van der Waals surface area contributed by atoms with Crippen molar-refractivity contribution in [1.82, 2.24) is 0 Å². The summed E-state index contributed by atoms with van der Waals surface area (Å²) >= 11 is 1.88. The third kappa shape index (κ3) is 1.65. The standard InChI is InChI=1S/C11H17NS/c1-7-6-8(2)13-11(7)10(12)9-4-3-5-9/h6,9-10H,3-5,12H2,1-2H3. The van der Waals surface area contributed by atoms with Crippen LogP contribution in [0.4, 0.5) is 0 Å². The van der Waals surface area contributed by atoms with Crippen molar-refractivity contribution in [1.29, 1.82) is 0 Å². The summed E-state index contributed by atoms with van der Waals surface area (Å²) in [6.45, 7) is 4.34. The van der Waals surface area contributed by atoms with E-state index in [1.54, 1.807) is 0 Å². The Labute approximate surface area is 84.0 Å². The van der Waals surface area contributed by atoms with Crippen molar-refractivity contribution in [3.63, 3.8) is 0 Å². The number of thiophene rings is 1. The van der Waals surface area contributed by atoms with Gasteiger partial charge in [0.1, 0.15) is 0 Å². The van der Waals surface area contributed by atoms with Crippen LogP contribution in [0.15, 0.2) is 6.07 Å². The fourth-order valence-electron chi connectivity index (χ4n) is 2.00. The highest BCUT2D eigenvalue weighted by Crippen LogP contribution is 2.39. The van der Waals surface area contributed by atoms with Crippen molar-refractivity contribution < 1.29 is 0 Å². The molecule has 1 unspecified atom stereocenters. The summed E-state index contributed by atoms with van der Waals surface area (Å²) in [7, 11) is 0. The van der Waals surface area contributed by atoms with Crippen LogP contribution in [0.25, 0.3) is 0 Å². The minimum atomic E-state index is 0.312. The zero-order chi connectivity index (χ0) is 9.42. The molecule has 0 aliphatic heterocycles. The molecule has 13 heavy (non-hydrogen) atoms. The van der Waals surface area contributed by atoms with Gasteiger partial charge in [-0.3, -0.25) is 0 Å². The summed E-state index contributed by atoms with van der Waals surface area (Å²) in [6.07, 6.45) is 4.04. The van der Waals surface area contributed by atoms with E-state index in [0.29, 0.717) is 6.04 Å². The summed E-state index contributed by atoms with van der Waals surface area (Å²) in [6, 6.07) is 2.56. The van der Waals surface area contributed by atoms with Crippen LogP contribution in [-0.4, -0.2) is 0 Å². The smallest absolute Gasteiger partial charge is 0.0421 e. The molecule has 1 heterocycles. The monoisotopic (exact) mass is 195 g/mol. The topological polar surface area (TPSA) is 26.0 Å². The van der Waals surface area contributed by atoms with Gasteiger partial charge in [-0.05, 0) is 44.2 Å². The maximum Gasteiger partial charge on any atom is 0.0421 e. The highest BCUT2D eigenvalue weighted by Gasteiger charge is 2.27. The largest absolute Gasteiger partial charge is 0.323 e. The first kappa shape index (κ1) is 9.22. The molecule has 1 fully saturated rings. The second-order valence-corrected chi connectivity index (χ2v) is 5.41. The van der Waals surface area contributed by atoms with Gasteiger partial charge in [-0.1, -0.05) is 6.42 Å². The van der Waals surface area contributed by atoms with Crippen LogP contribution in [0.5, 0.6) is 0 Å². The Kier molecular flexibility index (Phi) is 2.43. The molecule has 1 aromatic heterocycles. The fraction of sp³-hybridized carbons (Fsp3) is 0.636. The van der Waals surface area contributed by atoms with Crippen LogP contribution < -0.4 is 5.73 Å². The summed E-state index contributed by atoms with van der Waals surface area (Å²) < 4.78 is 0. The Morgan fingerprint density at radius 3 is 2.54 bits per heavy atom. The van der Waals surface area contributed by atoms with Crippen LogP contribution in [0.2, 0.25) is 0 Å². The molecule has 1 saturated carbocycles. The van der Waals surface area contributed by atoms with Gasteiger partial charge in [0.15, 0.2) is 0 Å². The maximum atomic E-state index is 6.22. The Morgan fingerprint density at radius 2 is 2.15 bits per heavy atom. The Balaban J connectivity index is 2.18. The lowest BCUT2D eigenvalue weighted by atomic mass is 9.79. The molecular weight excluding hydrogens is 178 g/mol. The highest BCUT2D eigenvalue weighted by atomic mass is 32.1. The van der Waals surface area contributed by atoms with Crippen molar-refractivity contribution in [2.24, 2.45) is 11.7 Å². The van der Waals surface area contributed by atoms with Gasteiger partial charge in [-0.15, -0.1) is 11.3 Å². The predicted octanol–water partition coefficient (Wildman–Crippen LogP) is 3.16. The molecule has 1 aromatic rings. The normalized spacial score (nSPS) is 19.9. The van der Waals surface area contributed by atoms with Crippen LogP contribution in [0.1, 0.15) is 40.6 Å². The van der Waals surface area contributed by atoms with Crippen LogP contribution in [-0.2, 0) is 0 Å². The van der Waals surface area contributed by atoms with Gasteiger partial charge >= 0.3 is 0 Å². The lowest BCUT2D eigenvalue weighted by Crippen LogP contribution is -2.26. The van der Waals surface area contributed by atoms with Crippen molar-refractivity contribution in [3.8, 4) is 0 Å². The molecular formula is C11H17NS. The molecule has 2 rings (SSSR count). The molecule has 0 bridgehead atoms. The number of hydrogen-bond donors (Lipinski definition) is 1. The molecule has 0 spiro atoms. The molecule has 1 atom stereocenters. The molecule has 0 amide bonds. The third-order valence-corrected chi connectivity index (χ3v) is 4.29. The average Bonchev–Trinajstić information content (AvgIpc) is 2.26. The molecule has 0 radical (unpaired) electrons. The lowest BCUT2D eigenvalue weighted by molar-refractivity contribution is 0.266. The van der Waals surface area contributed by atoms with Gasteiger partial charge in [-0.25, -0.2) is 0 Å². The van der Waals surface area contributed by atoms with E-state index in [0.717, 1.165) is 5.92 Å². The summed E-state index contributed by atoms with van der Waals surface area (Å²) in [4.78, 5) is 2.81. The van der Waals surface area contributed by atoms with Gasteiger partial charge in [0.25, 0.3) is 0 Å². The van der Waals surface area contributed by atoms with Crippen molar-refractivity contribution >= 4 is 11.3 Å².